The smallest absolute Gasteiger partial charge is 0.387 e. The van der Waals surface area contributed by atoms with Gasteiger partial charge in [0.15, 0.2) is 0 Å². The van der Waals surface area contributed by atoms with E-state index in [2.05, 4.69) is 4.74 Å². The van der Waals surface area contributed by atoms with Gasteiger partial charge in [-0.25, -0.2) is 0 Å². The van der Waals surface area contributed by atoms with Crippen molar-refractivity contribution in [1.82, 2.24) is 0 Å². The Bertz CT molecular complexity index is 261. The molecule has 0 amide bonds. The van der Waals surface area contributed by atoms with Crippen LogP contribution in [-0.4, -0.2) is 6.61 Å². The Hall–Kier alpha value is -0.540. The topological polar surface area (TPSA) is 9.23 Å². The van der Waals surface area contributed by atoms with Gasteiger partial charge in [-0.3, -0.25) is 0 Å². The number of alkyl halides is 4. The Labute approximate surface area is 84.2 Å². The fourth-order valence-corrected chi connectivity index (χ4v) is 1.09. The minimum Gasteiger partial charge on any atom is -0.435 e. The molecule has 0 fully saturated rings. The van der Waals surface area contributed by atoms with Crippen LogP contribution in [-0.2, 0) is 0 Å². The van der Waals surface area contributed by atoms with E-state index in [1.54, 1.807) is 0 Å². The summed E-state index contributed by atoms with van der Waals surface area (Å²) in [6.45, 7) is -2.81. The maximum absolute atomic E-state index is 11.7. The highest BCUT2D eigenvalue weighted by Crippen LogP contribution is 2.26. The predicted molar refractivity (Wildman–Crippen MR) is 47.5 cm³/mol. The molecule has 5 heteroatoms. The van der Waals surface area contributed by atoms with Crippen molar-refractivity contribution in [3.8, 4) is 5.75 Å². The Kier molecular flexibility index (Phi) is 3.75. The Morgan fingerprint density at radius 2 is 1.62 bits per heavy atom. The molecule has 0 aromatic heterocycles. The molecule has 0 heterocycles. The number of rotatable bonds is 3. The van der Waals surface area contributed by atoms with E-state index in [1.165, 1.54) is 24.3 Å². The first-order valence-corrected chi connectivity index (χ1v) is 4.30. The molecule has 0 bridgehead atoms. The van der Waals surface area contributed by atoms with Gasteiger partial charge in [0.1, 0.15) is 10.6 Å². The maximum Gasteiger partial charge on any atom is 0.387 e. The van der Waals surface area contributed by atoms with Crippen molar-refractivity contribution in [1.29, 1.82) is 0 Å². The van der Waals surface area contributed by atoms with E-state index in [0.29, 0.717) is 5.56 Å². The predicted octanol–water partition coefficient (Wildman–Crippen LogP) is 3.76. The zero-order valence-corrected chi connectivity index (χ0v) is 7.90. The van der Waals surface area contributed by atoms with Gasteiger partial charge in [-0.2, -0.15) is 8.78 Å². The molecule has 1 aromatic rings. The largest absolute Gasteiger partial charge is 0.435 e. The van der Waals surface area contributed by atoms with Crippen LogP contribution in [0.15, 0.2) is 24.3 Å². The zero-order chi connectivity index (χ0) is 9.84. The van der Waals surface area contributed by atoms with Crippen molar-refractivity contribution >= 4 is 23.2 Å². The maximum atomic E-state index is 11.7. The molecule has 1 rings (SSSR count). The molecule has 0 aliphatic rings. The van der Waals surface area contributed by atoms with Gasteiger partial charge in [-0.1, -0.05) is 12.1 Å². The van der Waals surface area contributed by atoms with Crippen LogP contribution in [0.3, 0.4) is 0 Å². The van der Waals surface area contributed by atoms with Crippen LogP contribution in [0.5, 0.6) is 5.75 Å². The van der Waals surface area contributed by atoms with Gasteiger partial charge >= 0.3 is 6.61 Å². The highest BCUT2D eigenvalue weighted by atomic mass is 35.5. The number of ether oxygens (including phenoxy) is 1. The molecule has 13 heavy (non-hydrogen) atoms. The average molecular weight is 227 g/mol. The summed E-state index contributed by atoms with van der Waals surface area (Å²) in [6, 6.07) is 5.84. The summed E-state index contributed by atoms with van der Waals surface area (Å²) in [6.07, 6.45) is 0. The molecule has 0 aliphatic heterocycles. The van der Waals surface area contributed by atoms with Crippen LogP contribution in [0.1, 0.15) is 10.4 Å². The quantitative estimate of drug-likeness (QED) is 0.714. The number of benzene rings is 1. The van der Waals surface area contributed by atoms with Crippen LogP contribution in [0.2, 0.25) is 0 Å². The van der Waals surface area contributed by atoms with Gasteiger partial charge in [-0.15, -0.1) is 23.2 Å². The lowest BCUT2D eigenvalue weighted by atomic mass is 10.2. The van der Waals surface area contributed by atoms with Gasteiger partial charge in [0.05, 0.1) is 0 Å². The number of hydrogen-bond donors (Lipinski definition) is 0. The average Bonchev–Trinajstić information content (AvgIpc) is 2.04. The third-order valence-electron chi connectivity index (χ3n) is 1.36. The van der Waals surface area contributed by atoms with E-state index in [0.717, 1.165) is 0 Å². The second-order valence-electron chi connectivity index (χ2n) is 2.25. The Morgan fingerprint density at radius 3 is 2.00 bits per heavy atom. The molecule has 0 aliphatic carbocycles. The molecule has 0 atom stereocenters. The molecular formula is C8H6Cl2F2O. The fourth-order valence-electron chi connectivity index (χ4n) is 0.795. The molecule has 0 unspecified atom stereocenters. The first-order valence-electron chi connectivity index (χ1n) is 3.42. The van der Waals surface area contributed by atoms with Crippen LogP contribution in [0.4, 0.5) is 8.78 Å². The SMILES string of the molecule is FC(F)Oc1ccc(C(Cl)Cl)cc1. The Balaban J connectivity index is 2.70. The lowest BCUT2D eigenvalue weighted by Crippen LogP contribution is -2.01. The summed E-state index contributed by atoms with van der Waals surface area (Å²) < 4.78 is 27.5. The van der Waals surface area contributed by atoms with E-state index in [9.17, 15) is 8.78 Å². The molecule has 0 saturated heterocycles. The van der Waals surface area contributed by atoms with E-state index in [4.69, 9.17) is 23.2 Å². The second-order valence-corrected chi connectivity index (χ2v) is 3.34. The van der Waals surface area contributed by atoms with Crippen molar-refractivity contribution in [3.05, 3.63) is 29.8 Å². The molecular weight excluding hydrogens is 221 g/mol. The number of hydrogen-bond acceptors (Lipinski definition) is 1. The minimum absolute atomic E-state index is 0.0905. The van der Waals surface area contributed by atoms with E-state index >= 15 is 0 Å². The van der Waals surface area contributed by atoms with Gasteiger partial charge in [0.25, 0.3) is 0 Å². The summed E-state index contributed by atoms with van der Waals surface area (Å²) in [5, 5.41) is 0. The van der Waals surface area contributed by atoms with Gasteiger partial charge in [0.2, 0.25) is 0 Å². The summed E-state index contributed by atoms with van der Waals surface area (Å²) in [5.74, 6) is 0.0905. The van der Waals surface area contributed by atoms with E-state index < -0.39 is 11.4 Å². The monoisotopic (exact) mass is 226 g/mol. The van der Waals surface area contributed by atoms with Crippen LogP contribution >= 0.6 is 23.2 Å². The van der Waals surface area contributed by atoms with Crippen molar-refractivity contribution < 1.29 is 13.5 Å². The first kappa shape index (κ1) is 10.5. The van der Waals surface area contributed by atoms with E-state index in [1.807, 2.05) is 0 Å². The molecule has 1 nitrogen and oxygen atoms in total. The third kappa shape index (κ3) is 3.36. The van der Waals surface area contributed by atoms with Crippen LogP contribution in [0.25, 0.3) is 0 Å². The first-order chi connectivity index (χ1) is 6.09. The molecule has 0 saturated carbocycles. The molecule has 0 N–H and O–H groups in total. The highest BCUT2D eigenvalue weighted by Gasteiger charge is 2.06. The third-order valence-corrected chi connectivity index (χ3v) is 1.86. The minimum atomic E-state index is -2.81. The van der Waals surface area contributed by atoms with Crippen molar-refractivity contribution in [2.24, 2.45) is 0 Å². The fraction of sp³-hybridized carbons (Fsp3) is 0.250. The molecule has 72 valence electrons. The van der Waals surface area contributed by atoms with Crippen molar-refractivity contribution in [2.75, 3.05) is 0 Å². The summed E-state index contributed by atoms with van der Waals surface area (Å²) in [4.78, 5) is -0.652. The standard InChI is InChI=1S/C8H6Cl2F2O/c9-7(10)5-1-3-6(4-2-5)13-8(11)12/h1-4,7-8H. The lowest BCUT2D eigenvalue weighted by molar-refractivity contribution is -0.0498. The summed E-state index contributed by atoms with van der Waals surface area (Å²) in [7, 11) is 0. The number of halogens is 4. The van der Waals surface area contributed by atoms with E-state index in [-0.39, 0.29) is 5.75 Å². The second kappa shape index (κ2) is 4.63. The molecule has 0 radical (unpaired) electrons. The van der Waals surface area contributed by atoms with Gasteiger partial charge in [-0.05, 0) is 17.7 Å². The van der Waals surface area contributed by atoms with Crippen LogP contribution in [0, 0.1) is 0 Å². The van der Waals surface area contributed by atoms with Gasteiger partial charge < -0.3 is 4.74 Å². The Morgan fingerprint density at radius 1 is 1.08 bits per heavy atom. The van der Waals surface area contributed by atoms with Crippen molar-refractivity contribution in [3.63, 3.8) is 0 Å². The highest BCUT2D eigenvalue weighted by molar-refractivity contribution is 6.44. The van der Waals surface area contributed by atoms with Crippen LogP contribution < -0.4 is 4.74 Å². The van der Waals surface area contributed by atoms with Gasteiger partial charge in [0, 0.05) is 0 Å². The lowest BCUT2D eigenvalue weighted by Gasteiger charge is -2.05. The molecule has 0 spiro atoms. The zero-order valence-electron chi connectivity index (χ0n) is 6.38. The summed E-state index contributed by atoms with van der Waals surface area (Å²) in [5.41, 5.74) is 0.643. The normalized spacial score (nSPS) is 10.9. The van der Waals surface area contributed by atoms with Crippen molar-refractivity contribution in [2.45, 2.75) is 11.4 Å². The summed E-state index contributed by atoms with van der Waals surface area (Å²) >= 11 is 11.1. The molecule has 1 aromatic carbocycles.